The van der Waals surface area contributed by atoms with Gasteiger partial charge in [0.15, 0.2) is 10.9 Å². The summed E-state index contributed by atoms with van der Waals surface area (Å²) in [5, 5.41) is 1.10. The summed E-state index contributed by atoms with van der Waals surface area (Å²) in [6, 6.07) is 9.24. The van der Waals surface area contributed by atoms with Gasteiger partial charge in [0.2, 0.25) is 0 Å². The van der Waals surface area contributed by atoms with Crippen LogP contribution in [0, 0.1) is 13.8 Å². The lowest BCUT2D eigenvalue weighted by atomic mass is 10.2. The molecule has 0 amide bonds. The average Bonchev–Trinajstić information content (AvgIpc) is 3.41. The number of ether oxygens (including phenoxy) is 2. The van der Waals surface area contributed by atoms with Crippen LogP contribution in [-0.2, 0) is 22.6 Å². The van der Waals surface area contributed by atoms with Crippen LogP contribution < -0.4 is 5.56 Å². The predicted octanol–water partition coefficient (Wildman–Crippen LogP) is 3.62. The Balaban J connectivity index is 1.55. The number of nitrogens with zero attached hydrogens (tertiary/aromatic N) is 3. The second kappa shape index (κ2) is 10.0. The zero-order chi connectivity index (χ0) is 22.7. The van der Waals surface area contributed by atoms with Crippen LogP contribution in [0.25, 0.3) is 10.9 Å². The van der Waals surface area contributed by atoms with Crippen LogP contribution in [0.15, 0.2) is 40.3 Å². The maximum absolute atomic E-state index is 13.1. The minimum absolute atomic E-state index is 0.0300. The number of aromatic nitrogens is 3. The molecule has 0 spiro atoms. The highest BCUT2D eigenvalue weighted by atomic mass is 32.2. The number of hydrogen-bond donors (Lipinski definition) is 0. The SMILES string of the molecule is COCCn1c(SCC(=O)c2cc(C)n(CC3CCCO3)c2C)nc2ccccc2c1=O. The van der Waals surface area contributed by atoms with E-state index >= 15 is 0 Å². The highest BCUT2D eigenvalue weighted by Gasteiger charge is 2.22. The van der Waals surface area contributed by atoms with Gasteiger partial charge < -0.3 is 14.0 Å². The smallest absolute Gasteiger partial charge is 0.262 e. The van der Waals surface area contributed by atoms with Crippen molar-refractivity contribution in [2.45, 2.75) is 51.0 Å². The topological polar surface area (TPSA) is 75.3 Å². The molecule has 2 aromatic heterocycles. The molecule has 0 saturated carbocycles. The van der Waals surface area contributed by atoms with Gasteiger partial charge in [0.05, 0.1) is 35.9 Å². The Morgan fingerprint density at radius 3 is 2.84 bits per heavy atom. The van der Waals surface area contributed by atoms with E-state index in [1.54, 1.807) is 17.7 Å². The molecule has 4 rings (SSSR count). The van der Waals surface area contributed by atoms with Crippen LogP contribution in [-0.4, -0.2) is 52.1 Å². The van der Waals surface area contributed by atoms with E-state index in [1.165, 1.54) is 11.8 Å². The Morgan fingerprint density at radius 2 is 2.09 bits per heavy atom. The second-order valence-corrected chi connectivity index (χ2v) is 9.05. The molecule has 1 atom stereocenters. The van der Waals surface area contributed by atoms with Crippen LogP contribution in [0.3, 0.4) is 0 Å². The molecule has 7 nitrogen and oxygen atoms in total. The van der Waals surface area contributed by atoms with Crippen LogP contribution in [0.1, 0.15) is 34.6 Å². The van der Waals surface area contributed by atoms with Crippen molar-refractivity contribution in [2.75, 3.05) is 26.1 Å². The number of Topliss-reactive ketones (excluding diaryl/α,β-unsaturated/α-hetero) is 1. The van der Waals surface area contributed by atoms with E-state index in [4.69, 9.17) is 9.47 Å². The molecule has 3 aromatic rings. The van der Waals surface area contributed by atoms with Crippen molar-refractivity contribution < 1.29 is 14.3 Å². The van der Waals surface area contributed by atoms with Crippen molar-refractivity contribution in [1.82, 2.24) is 14.1 Å². The molecule has 1 aromatic carbocycles. The highest BCUT2D eigenvalue weighted by Crippen LogP contribution is 2.24. The van der Waals surface area contributed by atoms with Crippen molar-refractivity contribution >= 4 is 28.4 Å². The molecule has 0 aliphatic carbocycles. The number of carbonyl (C=O) groups excluding carboxylic acids is 1. The van der Waals surface area contributed by atoms with Gasteiger partial charge in [-0.1, -0.05) is 23.9 Å². The van der Waals surface area contributed by atoms with E-state index in [1.807, 2.05) is 38.1 Å². The fourth-order valence-electron chi connectivity index (χ4n) is 4.20. The van der Waals surface area contributed by atoms with Gasteiger partial charge in [-0.2, -0.15) is 0 Å². The molecular weight excluding hydrogens is 426 g/mol. The molecule has 0 N–H and O–H groups in total. The van der Waals surface area contributed by atoms with E-state index in [0.29, 0.717) is 29.2 Å². The van der Waals surface area contributed by atoms with Crippen LogP contribution in [0.2, 0.25) is 0 Å². The Morgan fingerprint density at radius 1 is 1.28 bits per heavy atom. The maximum Gasteiger partial charge on any atom is 0.262 e. The molecule has 3 heterocycles. The number of hydrogen-bond acceptors (Lipinski definition) is 6. The normalized spacial score (nSPS) is 16.2. The van der Waals surface area contributed by atoms with Gasteiger partial charge in [0.1, 0.15) is 0 Å². The van der Waals surface area contributed by atoms with Crippen LogP contribution in [0.5, 0.6) is 0 Å². The first-order valence-corrected chi connectivity index (χ1v) is 11.9. The number of para-hydroxylation sites is 1. The van der Waals surface area contributed by atoms with Gasteiger partial charge in [-0.25, -0.2) is 4.98 Å². The zero-order valence-electron chi connectivity index (χ0n) is 18.8. The molecule has 1 aliphatic heterocycles. The van der Waals surface area contributed by atoms with Crippen molar-refractivity contribution in [2.24, 2.45) is 0 Å². The predicted molar refractivity (Wildman–Crippen MR) is 126 cm³/mol. The Bertz CT molecular complexity index is 1180. The van der Waals surface area contributed by atoms with Crippen molar-refractivity contribution in [3.05, 3.63) is 57.6 Å². The third-order valence-corrected chi connectivity index (χ3v) is 6.94. The molecule has 0 radical (unpaired) electrons. The number of carbonyl (C=O) groups is 1. The third kappa shape index (κ3) is 4.67. The summed E-state index contributed by atoms with van der Waals surface area (Å²) in [6.07, 6.45) is 2.37. The lowest BCUT2D eigenvalue weighted by molar-refractivity contribution is 0.0957. The first-order valence-electron chi connectivity index (χ1n) is 10.9. The first kappa shape index (κ1) is 22.8. The maximum atomic E-state index is 13.1. The molecule has 1 aliphatic rings. The molecule has 0 bridgehead atoms. The van der Waals surface area contributed by atoms with E-state index in [2.05, 4.69) is 9.55 Å². The van der Waals surface area contributed by atoms with Crippen LogP contribution in [0.4, 0.5) is 0 Å². The summed E-state index contributed by atoms with van der Waals surface area (Å²) in [5.41, 5.74) is 3.27. The Labute approximate surface area is 191 Å². The summed E-state index contributed by atoms with van der Waals surface area (Å²) in [6.45, 7) is 6.39. The summed E-state index contributed by atoms with van der Waals surface area (Å²) in [7, 11) is 1.60. The summed E-state index contributed by atoms with van der Waals surface area (Å²) in [4.78, 5) is 30.8. The second-order valence-electron chi connectivity index (χ2n) is 8.10. The molecule has 1 unspecified atom stereocenters. The molecule has 170 valence electrons. The average molecular weight is 456 g/mol. The number of methoxy groups -OCH3 is 1. The molecule has 1 saturated heterocycles. The standard InChI is InChI=1S/C24H29N3O4S/c1-16-13-20(17(2)27(16)14-18-7-6-11-31-18)22(28)15-32-24-25-21-9-5-4-8-19(21)23(29)26(24)10-12-30-3/h4-5,8-9,13,18H,6-7,10-12,14-15H2,1-3H3. The quantitative estimate of drug-likeness (QED) is 0.279. The molecule has 8 heteroatoms. The van der Waals surface area contributed by atoms with E-state index in [0.717, 1.165) is 42.9 Å². The Hall–Kier alpha value is -2.42. The first-order chi connectivity index (χ1) is 15.5. The van der Waals surface area contributed by atoms with E-state index in [9.17, 15) is 9.59 Å². The number of rotatable bonds is 9. The van der Waals surface area contributed by atoms with Gasteiger partial charge in [-0.3, -0.25) is 14.2 Å². The van der Waals surface area contributed by atoms with Gasteiger partial charge in [-0.15, -0.1) is 0 Å². The fourth-order valence-corrected chi connectivity index (χ4v) is 5.11. The lowest BCUT2D eigenvalue weighted by Gasteiger charge is -2.15. The van der Waals surface area contributed by atoms with Gasteiger partial charge in [0, 0.05) is 37.2 Å². The number of aryl methyl sites for hydroxylation is 1. The van der Waals surface area contributed by atoms with Crippen LogP contribution >= 0.6 is 11.8 Å². The summed E-state index contributed by atoms with van der Waals surface area (Å²) < 4.78 is 14.7. The largest absolute Gasteiger partial charge is 0.383 e. The van der Waals surface area contributed by atoms with E-state index in [-0.39, 0.29) is 23.2 Å². The van der Waals surface area contributed by atoms with Gasteiger partial charge in [0.25, 0.3) is 5.56 Å². The molecule has 32 heavy (non-hydrogen) atoms. The van der Waals surface area contributed by atoms with E-state index < -0.39 is 0 Å². The minimum Gasteiger partial charge on any atom is -0.383 e. The van der Waals surface area contributed by atoms with Gasteiger partial charge in [-0.05, 0) is 44.9 Å². The molecule has 1 fully saturated rings. The number of thioether (sulfide) groups is 1. The monoisotopic (exact) mass is 455 g/mol. The highest BCUT2D eigenvalue weighted by molar-refractivity contribution is 7.99. The van der Waals surface area contributed by atoms with Gasteiger partial charge >= 0.3 is 0 Å². The number of fused-ring (bicyclic) bond motifs is 1. The summed E-state index contributed by atoms with van der Waals surface area (Å²) >= 11 is 1.30. The van der Waals surface area contributed by atoms with Crippen molar-refractivity contribution in [3.63, 3.8) is 0 Å². The van der Waals surface area contributed by atoms with Crippen molar-refractivity contribution in [1.29, 1.82) is 0 Å². The lowest BCUT2D eigenvalue weighted by Crippen LogP contribution is -2.25. The van der Waals surface area contributed by atoms with Crippen molar-refractivity contribution in [3.8, 4) is 0 Å². The fraction of sp³-hybridized carbons (Fsp3) is 0.458. The summed E-state index contributed by atoms with van der Waals surface area (Å²) in [5.74, 6) is 0.240. The number of ketones is 1. The zero-order valence-corrected chi connectivity index (χ0v) is 19.6. The number of benzene rings is 1. The third-order valence-electron chi connectivity index (χ3n) is 5.96. The minimum atomic E-state index is -0.114. The molecular formula is C24H29N3O4S. The Kier molecular flexibility index (Phi) is 7.13.